The fraction of sp³-hybridized carbons (Fsp3) is 1.00. The van der Waals surface area contributed by atoms with Crippen LogP contribution in [0.1, 0.15) is 53.9 Å². The van der Waals surface area contributed by atoms with E-state index in [0.29, 0.717) is 11.5 Å². The van der Waals surface area contributed by atoms with Gasteiger partial charge in [-0.15, -0.1) is 4.72 Å². The van der Waals surface area contributed by atoms with Crippen molar-refractivity contribution in [2.45, 2.75) is 64.7 Å². The van der Waals surface area contributed by atoms with Gasteiger partial charge in [0, 0.05) is 11.4 Å². The highest BCUT2D eigenvalue weighted by Crippen LogP contribution is 2.49. The first-order valence-electron chi connectivity index (χ1n) is 5.47. The van der Waals surface area contributed by atoms with Gasteiger partial charge in [0.05, 0.1) is 6.04 Å². The van der Waals surface area contributed by atoms with E-state index in [1.165, 1.54) is 12.8 Å². The van der Waals surface area contributed by atoms with Crippen molar-refractivity contribution in [1.29, 1.82) is 0 Å². The molecule has 1 N–H and O–H groups in total. The Kier molecular flexibility index (Phi) is 3.55. The predicted molar refractivity (Wildman–Crippen MR) is 62.5 cm³/mol. The summed E-state index contributed by atoms with van der Waals surface area (Å²) in [6.45, 7) is 10.5. The fourth-order valence-electron chi connectivity index (χ4n) is 1.57. The number of hydrogen-bond donors (Lipinski definition) is 1. The second-order valence-electron chi connectivity index (χ2n) is 5.61. The quantitative estimate of drug-likeness (QED) is 0.735. The van der Waals surface area contributed by atoms with Gasteiger partial charge in [-0.1, -0.05) is 13.8 Å². The lowest BCUT2D eigenvalue weighted by atomic mass is 9.98. The zero-order valence-electron chi connectivity index (χ0n) is 10.0. The Balaban J connectivity index is 2.49. The van der Waals surface area contributed by atoms with Gasteiger partial charge in [0.15, 0.2) is 0 Å². The summed E-state index contributed by atoms with van der Waals surface area (Å²) in [4.78, 5) is 0. The third-order valence-electron chi connectivity index (χ3n) is 3.09. The van der Waals surface area contributed by atoms with Crippen LogP contribution in [-0.4, -0.2) is 15.3 Å². The van der Waals surface area contributed by atoms with Crippen molar-refractivity contribution in [3.05, 3.63) is 0 Å². The summed E-state index contributed by atoms with van der Waals surface area (Å²) in [7, 11) is 0. The van der Waals surface area contributed by atoms with E-state index in [4.69, 9.17) is 0 Å². The van der Waals surface area contributed by atoms with E-state index in [1.807, 2.05) is 20.8 Å². The van der Waals surface area contributed by atoms with E-state index in [1.54, 1.807) is 0 Å². The van der Waals surface area contributed by atoms with Crippen LogP contribution in [0.4, 0.5) is 0 Å². The molecule has 0 aliphatic heterocycles. The average Bonchev–Trinajstić information content (AvgIpc) is 2.78. The number of hydrogen-bond acceptors (Lipinski definition) is 2. The summed E-state index contributed by atoms with van der Waals surface area (Å²) in [6, 6.07) is 0.419. The van der Waals surface area contributed by atoms with Gasteiger partial charge < -0.3 is 4.55 Å². The fourth-order valence-corrected chi connectivity index (χ4v) is 2.63. The van der Waals surface area contributed by atoms with Gasteiger partial charge in [-0.25, -0.2) is 0 Å². The molecule has 0 amide bonds. The van der Waals surface area contributed by atoms with Gasteiger partial charge in [0.1, 0.15) is 4.75 Å². The minimum Gasteiger partial charge on any atom is -0.598 e. The van der Waals surface area contributed by atoms with Gasteiger partial charge in [-0.2, -0.15) is 0 Å². The maximum Gasteiger partial charge on any atom is 0.136 e. The van der Waals surface area contributed by atoms with Crippen LogP contribution in [0.25, 0.3) is 0 Å². The third kappa shape index (κ3) is 2.88. The molecule has 0 aromatic carbocycles. The van der Waals surface area contributed by atoms with E-state index in [-0.39, 0.29) is 4.75 Å². The Labute approximate surface area is 91.2 Å². The second kappa shape index (κ2) is 4.03. The highest BCUT2D eigenvalue weighted by atomic mass is 32.2. The summed E-state index contributed by atoms with van der Waals surface area (Å²) in [5.74, 6) is 0. The molecular formula is C11H23NOS. The van der Waals surface area contributed by atoms with Crippen LogP contribution >= 0.6 is 0 Å². The summed E-state index contributed by atoms with van der Waals surface area (Å²) >= 11 is -0.924. The predicted octanol–water partition coefficient (Wildman–Crippen LogP) is 2.62. The molecule has 0 aromatic heterocycles. The van der Waals surface area contributed by atoms with Gasteiger partial charge in [0.2, 0.25) is 0 Å². The smallest absolute Gasteiger partial charge is 0.136 e. The van der Waals surface area contributed by atoms with Crippen LogP contribution in [0.5, 0.6) is 0 Å². The average molecular weight is 217 g/mol. The van der Waals surface area contributed by atoms with Crippen molar-refractivity contribution in [3.63, 3.8) is 0 Å². The van der Waals surface area contributed by atoms with Gasteiger partial charge in [0.25, 0.3) is 0 Å². The first-order chi connectivity index (χ1) is 6.29. The van der Waals surface area contributed by atoms with Crippen LogP contribution in [-0.2, 0) is 11.4 Å². The van der Waals surface area contributed by atoms with Crippen molar-refractivity contribution in [3.8, 4) is 0 Å². The summed E-state index contributed by atoms with van der Waals surface area (Å²) < 4.78 is 15.0. The van der Waals surface area contributed by atoms with Crippen LogP contribution in [0.2, 0.25) is 0 Å². The molecule has 1 fully saturated rings. The molecule has 0 saturated heterocycles. The first kappa shape index (κ1) is 12.3. The lowest BCUT2D eigenvalue weighted by Gasteiger charge is -2.30. The van der Waals surface area contributed by atoms with E-state index < -0.39 is 11.4 Å². The molecule has 1 aliphatic carbocycles. The zero-order chi connectivity index (χ0) is 11.0. The normalized spacial score (nSPS) is 24.4. The zero-order valence-corrected chi connectivity index (χ0v) is 10.8. The SMILES string of the molecule is CC[C@H](N[S@@+]([O-])C(C)(C)C)C1(C)CC1. The van der Waals surface area contributed by atoms with Crippen molar-refractivity contribution >= 4 is 11.4 Å². The molecule has 0 bridgehead atoms. The molecule has 84 valence electrons. The molecule has 0 radical (unpaired) electrons. The standard InChI is InChI=1S/C11H23NOS/c1-6-9(11(5)7-8-11)12-14(13)10(2,3)4/h9,12H,6-8H2,1-5H3/t9-,14-/m0/s1. The Morgan fingerprint density at radius 1 is 1.43 bits per heavy atom. The minimum absolute atomic E-state index is 0.154. The molecule has 2 atom stereocenters. The largest absolute Gasteiger partial charge is 0.598 e. The summed E-state index contributed by atoms with van der Waals surface area (Å²) in [6.07, 6.45) is 3.62. The van der Waals surface area contributed by atoms with Gasteiger partial charge in [-0.3, -0.25) is 0 Å². The van der Waals surface area contributed by atoms with Crippen LogP contribution in [0, 0.1) is 5.41 Å². The highest BCUT2D eigenvalue weighted by Gasteiger charge is 2.46. The Morgan fingerprint density at radius 2 is 1.93 bits per heavy atom. The Hall–Kier alpha value is 0.270. The van der Waals surface area contributed by atoms with Crippen molar-refractivity contribution in [1.82, 2.24) is 4.72 Å². The van der Waals surface area contributed by atoms with E-state index >= 15 is 0 Å². The highest BCUT2D eigenvalue weighted by molar-refractivity contribution is 7.90. The maximum absolute atomic E-state index is 11.9. The van der Waals surface area contributed by atoms with Gasteiger partial charge >= 0.3 is 0 Å². The van der Waals surface area contributed by atoms with Crippen LogP contribution in [0.3, 0.4) is 0 Å². The lowest BCUT2D eigenvalue weighted by molar-refractivity contribution is 0.385. The monoisotopic (exact) mass is 217 g/mol. The minimum atomic E-state index is -0.924. The molecule has 1 saturated carbocycles. The number of nitrogens with one attached hydrogen (secondary N) is 1. The van der Waals surface area contributed by atoms with E-state index in [2.05, 4.69) is 18.6 Å². The Morgan fingerprint density at radius 3 is 2.21 bits per heavy atom. The molecule has 1 rings (SSSR count). The van der Waals surface area contributed by atoms with Crippen LogP contribution in [0.15, 0.2) is 0 Å². The summed E-state index contributed by atoms with van der Waals surface area (Å²) in [5, 5.41) is 0. The topological polar surface area (TPSA) is 35.1 Å². The maximum atomic E-state index is 11.9. The first-order valence-corrected chi connectivity index (χ1v) is 6.62. The third-order valence-corrected chi connectivity index (χ3v) is 4.70. The lowest BCUT2D eigenvalue weighted by Crippen LogP contribution is -2.47. The second-order valence-corrected chi connectivity index (χ2v) is 7.61. The van der Waals surface area contributed by atoms with Crippen molar-refractivity contribution < 1.29 is 4.55 Å². The molecule has 2 nitrogen and oxygen atoms in total. The molecule has 1 aliphatic rings. The molecular weight excluding hydrogens is 194 g/mol. The van der Waals surface area contributed by atoms with Crippen molar-refractivity contribution in [2.24, 2.45) is 5.41 Å². The molecule has 0 unspecified atom stereocenters. The molecule has 0 heterocycles. The van der Waals surface area contributed by atoms with E-state index in [0.717, 1.165) is 6.42 Å². The molecule has 14 heavy (non-hydrogen) atoms. The molecule has 0 aromatic rings. The number of rotatable bonds is 4. The Bertz CT molecular complexity index is 196. The summed E-state index contributed by atoms with van der Waals surface area (Å²) in [5.41, 5.74) is 0.412. The van der Waals surface area contributed by atoms with Crippen LogP contribution < -0.4 is 4.72 Å². The van der Waals surface area contributed by atoms with E-state index in [9.17, 15) is 4.55 Å². The van der Waals surface area contributed by atoms with Crippen molar-refractivity contribution in [2.75, 3.05) is 0 Å². The van der Waals surface area contributed by atoms with Gasteiger partial charge in [-0.05, 0) is 45.4 Å². The molecule has 0 spiro atoms. The molecule has 3 heteroatoms.